The molecule has 1 aliphatic heterocycles. The zero-order valence-electron chi connectivity index (χ0n) is 21.4. The Labute approximate surface area is 224 Å². The average Bonchev–Trinajstić information content (AvgIpc) is 3.63. The third-order valence-corrected chi connectivity index (χ3v) is 6.56. The van der Waals surface area contributed by atoms with Gasteiger partial charge in [0.05, 0.1) is 17.7 Å². The lowest BCUT2D eigenvalue weighted by atomic mass is 10.0. The number of carbonyl (C=O) groups is 2. The smallest absolute Gasteiger partial charge is 0.240 e. The van der Waals surface area contributed by atoms with E-state index < -0.39 is 23.0 Å². The van der Waals surface area contributed by atoms with E-state index >= 15 is 0 Å². The second-order valence-corrected chi connectivity index (χ2v) is 9.50. The number of aromatic nitrogens is 2. The average molecular weight is 527 g/mol. The molecule has 0 radical (unpaired) electrons. The Morgan fingerprint density at radius 2 is 1.82 bits per heavy atom. The van der Waals surface area contributed by atoms with E-state index in [1.165, 1.54) is 30.5 Å². The van der Waals surface area contributed by atoms with Gasteiger partial charge >= 0.3 is 0 Å². The zero-order chi connectivity index (χ0) is 27.6. The van der Waals surface area contributed by atoms with E-state index in [4.69, 9.17) is 10.1 Å². The van der Waals surface area contributed by atoms with Crippen LogP contribution in [0.5, 0.6) is 5.75 Å². The quantitative estimate of drug-likeness (QED) is 0.251. The molecule has 1 aromatic heterocycles. The Balaban J connectivity index is 1.29. The number of ether oxygens (including phenoxy) is 1. The molecule has 1 fully saturated rings. The molecule has 10 heteroatoms. The number of hydrogen-bond acceptors (Lipinski definition) is 6. The predicted molar refractivity (Wildman–Crippen MR) is 146 cm³/mol. The highest BCUT2D eigenvalue weighted by molar-refractivity contribution is 6.16. The summed E-state index contributed by atoms with van der Waals surface area (Å²) in [6, 6.07) is 10.6. The van der Waals surface area contributed by atoms with Crippen LogP contribution in [0, 0.1) is 23.6 Å². The van der Waals surface area contributed by atoms with Crippen molar-refractivity contribution < 1.29 is 18.7 Å². The lowest BCUT2D eigenvalue weighted by molar-refractivity contribution is -0.131. The maximum atomic E-state index is 13.2. The van der Waals surface area contributed by atoms with Gasteiger partial charge in [-0.1, -0.05) is 0 Å². The molecule has 0 spiro atoms. The van der Waals surface area contributed by atoms with E-state index in [1.807, 2.05) is 30.8 Å². The maximum absolute atomic E-state index is 13.2. The first kappa shape index (κ1) is 25.7. The summed E-state index contributed by atoms with van der Waals surface area (Å²) in [5, 5.41) is 16.2. The molecule has 2 heterocycles. The lowest BCUT2D eigenvalue weighted by Crippen LogP contribution is -2.35. The number of anilines is 2. The van der Waals surface area contributed by atoms with Gasteiger partial charge in [-0.3, -0.25) is 9.59 Å². The fourth-order valence-corrected chi connectivity index (χ4v) is 4.17. The van der Waals surface area contributed by atoms with Gasteiger partial charge in [0.1, 0.15) is 17.0 Å². The minimum Gasteiger partial charge on any atom is -0.455 e. The number of dihydropyridines is 1. The Morgan fingerprint density at radius 3 is 2.44 bits per heavy atom. The summed E-state index contributed by atoms with van der Waals surface area (Å²) in [6.07, 6.45) is 10.9. The lowest BCUT2D eigenvalue weighted by Gasteiger charge is -2.20. The fourth-order valence-electron chi connectivity index (χ4n) is 4.17. The number of halogens is 1. The van der Waals surface area contributed by atoms with Gasteiger partial charge in [-0.25, -0.2) is 9.37 Å². The monoisotopic (exact) mass is 526 g/mol. The molecule has 2 aromatic carbocycles. The first-order valence-corrected chi connectivity index (χ1v) is 12.3. The minimum absolute atomic E-state index is 0.393. The second-order valence-electron chi connectivity index (χ2n) is 9.50. The third kappa shape index (κ3) is 5.49. The molecule has 0 saturated heterocycles. The molecule has 198 valence electrons. The largest absolute Gasteiger partial charge is 0.455 e. The van der Waals surface area contributed by atoms with Crippen LogP contribution < -0.4 is 20.7 Å². The van der Waals surface area contributed by atoms with Crippen LogP contribution in [0.1, 0.15) is 24.1 Å². The predicted octanol–water partition coefficient (Wildman–Crippen LogP) is 4.67. The first-order chi connectivity index (χ1) is 18.8. The van der Waals surface area contributed by atoms with E-state index in [0.717, 1.165) is 16.8 Å². The Hall–Kier alpha value is -4.99. The standard InChI is InChI=1S/C29H27FN6O3/c1-18-13-22(35-28(38)29(10-11-29)27(37)34-21-5-3-20(30)4-6-21)7-8-25(18)39-26-14-19(15-32-23(26)9-12-31)24-16-36(2)17-33-24/h3-9,12-17,31-32H,10-11H2,1-2H3,(H,34,37)(H,35,38)/b23-9-,31-12?. The van der Waals surface area contributed by atoms with Gasteiger partial charge in [-0.2, -0.15) is 0 Å². The van der Waals surface area contributed by atoms with Crippen molar-refractivity contribution in [2.75, 3.05) is 10.6 Å². The molecule has 3 aromatic rings. The number of amides is 2. The number of benzene rings is 2. The normalized spacial score (nSPS) is 16.4. The molecule has 2 amide bonds. The van der Waals surface area contributed by atoms with Crippen molar-refractivity contribution in [1.29, 1.82) is 5.41 Å². The molecular formula is C29H27FN6O3. The minimum atomic E-state index is -1.16. The molecule has 4 N–H and O–H groups in total. The number of allylic oxidation sites excluding steroid dienone is 3. The van der Waals surface area contributed by atoms with Gasteiger partial charge in [0.25, 0.3) is 0 Å². The number of nitrogens with zero attached hydrogens (tertiary/aromatic N) is 2. The number of imidazole rings is 1. The van der Waals surface area contributed by atoms with Crippen LogP contribution in [0.15, 0.2) is 84.8 Å². The van der Waals surface area contributed by atoms with Gasteiger partial charge in [0, 0.05) is 42.6 Å². The summed E-state index contributed by atoms with van der Waals surface area (Å²) < 4.78 is 21.2. The van der Waals surface area contributed by atoms with Gasteiger partial charge in [0.15, 0.2) is 5.76 Å². The van der Waals surface area contributed by atoms with Crippen LogP contribution in [0.4, 0.5) is 15.8 Å². The van der Waals surface area contributed by atoms with Crippen molar-refractivity contribution in [2.24, 2.45) is 12.5 Å². The summed E-state index contributed by atoms with van der Waals surface area (Å²) in [5.41, 5.74) is 2.78. The highest BCUT2D eigenvalue weighted by atomic mass is 19.1. The summed E-state index contributed by atoms with van der Waals surface area (Å²) in [4.78, 5) is 30.3. The van der Waals surface area contributed by atoms with E-state index in [2.05, 4.69) is 20.9 Å². The highest BCUT2D eigenvalue weighted by Crippen LogP contribution is 2.47. The van der Waals surface area contributed by atoms with Gasteiger partial charge in [0.2, 0.25) is 11.8 Å². The van der Waals surface area contributed by atoms with Crippen LogP contribution in [0.2, 0.25) is 0 Å². The van der Waals surface area contributed by atoms with Crippen molar-refractivity contribution in [2.45, 2.75) is 19.8 Å². The number of carbonyl (C=O) groups excluding carboxylic acids is 2. The van der Waals surface area contributed by atoms with E-state index in [1.54, 1.807) is 36.8 Å². The van der Waals surface area contributed by atoms with Crippen molar-refractivity contribution in [1.82, 2.24) is 14.9 Å². The Morgan fingerprint density at radius 1 is 1.13 bits per heavy atom. The zero-order valence-corrected chi connectivity index (χ0v) is 21.4. The van der Waals surface area contributed by atoms with Gasteiger partial charge in [-0.05, 0) is 79.9 Å². The van der Waals surface area contributed by atoms with Crippen LogP contribution in [-0.2, 0) is 16.6 Å². The number of nitrogens with one attached hydrogen (secondary N) is 4. The summed E-state index contributed by atoms with van der Waals surface area (Å²) in [5.74, 6) is -0.138. The summed E-state index contributed by atoms with van der Waals surface area (Å²) >= 11 is 0. The Kier molecular flexibility index (Phi) is 6.84. The molecule has 1 saturated carbocycles. The van der Waals surface area contributed by atoms with Crippen LogP contribution in [0.3, 0.4) is 0 Å². The molecule has 9 nitrogen and oxygen atoms in total. The van der Waals surface area contributed by atoms with Crippen molar-refractivity contribution in [3.63, 3.8) is 0 Å². The number of rotatable bonds is 8. The summed E-state index contributed by atoms with van der Waals surface area (Å²) in [6.45, 7) is 1.85. The van der Waals surface area contributed by atoms with Crippen molar-refractivity contribution in [3.8, 4) is 5.75 Å². The van der Waals surface area contributed by atoms with Crippen LogP contribution in [-0.4, -0.2) is 27.6 Å². The molecule has 0 bridgehead atoms. The van der Waals surface area contributed by atoms with Crippen LogP contribution >= 0.6 is 0 Å². The molecular weight excluding hydrogens is 499 g/mol. The number of hydrogen-bond donors (Lipinski definition) is 4. The SMILES string of the molecule is Cc1cc(NC(=O)C2(C(=O)Nc3ccc(F)cc3)CC2)ccc1OC1=CC(c2cn(C)cn2)=CN/C1=C\C=N. The maximum Gasteiger partial charge on any atom is 0.240 e. The molecule has 39 heavy (non-hydrogen) atoms. The molecule has 2 aliphatic rings. The molecule has 0 atom stereocenters. The van der Waals surface area contributed by atoms with Crippen molar-refractivity contribution in [3.05, 3.63) is 102 Å². The fraction of sp³-hybridized carbons (Fsp3) is 0.172. The van der Waals surface area contributed by atoms with E-state index in [-0.39, 0.29) is 0 Å². The molecule has 1 aliphatic carbocycles. The summed E-state index contributed by atoms with van der Waals surface area (Å²) in [7, 11) is 1.89. The van der Waals surface area contributed by atoms with E-state index in [0.29, 0.717) is 41.4 Å². The second kappa shape index (κ2) is 10.4. The van der Waals surface area contributed by atoms with Gasteiger partial charge < -0.3 is 30.7 Å². The first-order valence-electron chi connectivity index (χ1n) is 12.3. The molecule has 5 rings (SSSR count). The number of aryl methyl sites for hydroxylation is 2. The van der Waals surface area contributed by atoms with E-state index in [9.17, 15) is 14.0 Å². The topological polar surface area (TPSA) is 121 Å². The van der Waals surface area contributed by atoms with Crippen LogP contribution in [0.25, 0.3) is 5.57 Å². The van der Waals surface area contributed by atoms with Gasteiger partial charge in [-0.15, -0.1) is 0 Å². The Bertz CT molecular complexity index is 1550. The highest BCUT2D eigenvalue weighted by Gasteiger charge is 2.56. The third-order valence-electron chi connectivity index (χ3n) is 6.56. The van der Waals surface area contributed by atoms with Crippen molar-refractivity contribution >= 4 is 35.0 Å². The molecule has 0 unspecified atom stereocenters.